The zero-order valence-corrected chi connectivity index (χ0v) is 27.0. The molecule has 0 aliphatic rings. The van der Waals surface area contributed by atoms with E-state index in [1.165, 1.54) is 60.1 Å². The summed E-state index contributed by atoms with van der Waals surface area (Å²) in [6, 6.07) is 61.1. The van der Waals surface area contributed by atoms with Gasteiger partial charge in [-0.25, -0.2) is 0 Å². The van der Waals surface area contributed by atoms with Crippen LogP contribution >= 0.6 is 0 Å². The molecule has 0 radical (unpaired) electrons. The van der Waals surface area contributed by atoms with Crippen LogP contribution in [-0.4, -0.2) is 0 Å². The van der Waals surface area contributed by atoms with Gasteiger partial charge in [0.2, 0.25) is 0 Å². The molecule has 0 saturated carbocycles. The molecule has 0 aliphatic carbocycles. The Hall–Kier alpha value is -6.64. The molecule has 0 atom stereocenters. The van der Waals surface area contributed by atoms with Gasteiger partial charge in [-0.2, -0.15) is 0 Å². The lowest BCUT2D eigenvalue weighted by Crippen LogP contribution is -1.91. The second-order valence-corrected chi connectivity index (χ2v) is 13.2. The molecule has 0 bridgehead atoms. The van der Waals surface area contributed by atoms with Crippen molar-refractivity contribution < 1.29 is 8.83 Å². The highest BCUT2D eigenvalue weighted by Gasteiger charge is 2.18. The topological polar surface area (TPSA) is 26.3 Å². The van der Waals surface area contributed by atoms with Crippen LogP contribution < -0.4 is 0 Å². The van der Waals surface area contributed by atoms with Crippen LogP contribution in [0.4, 0.5) is 0 Å². The molecule has 232 valence electrons. The second-order valence-electron chi connectivity index (χ2n) is 13.2. The maximum atomic E-state index is 6.31. The number of benzene rings is 9. The quantitative estimate of drug-likeness (QED) is 0.180. The summed E-state index contributed by atoms with van der Waals surface area (Å²) in [4.78, 5) is 0. The number of hydrogen-bond acceptors (Lipinski definition) is 2. The van der Waals surface area contributed by atoms with Crippen molar-refractivity contribution >= 4 is 76.2 Å². The van der Waals surface area contributed by atoms with Crippen molar-refractivity contribution in [2.45, 2.75) is 0 Å². The van der Waals surface area contributed by atoms with Gasteiger partial charge in [-0.1, -0.05) is 140 Å². The second kappa shape index (κ2) is 10.4. The normalized spacial score (nSPS) is 12.0. The SMILES string of the molecule is c1ccc2c(-c3c4ccccc4c(-c4ccc(-c5ccc6oc7cc8oc9ccccc9c8cc7c6c5)cc4)c4ccccc34)cccc2c1. The van der Waals surface area contributed by atoms with E-state index in [0.717, 1.165) is 49.4 Å². The lowest BCUT2D eigenvalue weighted by molar-refractivity contribution is 0.656. The molecule has 2 heteroatoms. The van der Waals surface area contributed by atoms with Crippen molar-refractivity contribution in [3.63, 3.8) is 0 Å². The average molecular weight is 637 g/mol. The van der Waals surface area contributed by atoms with Gasteiger partial charge in [0.05, 0.1) is 0 Å². The van der Waals surface area contributed by atoms with Gasteiger partial charge in [0.15, 0.2) is 0 Å². The van der Waals surface area contributed by atoms with Crippen LogP contribution in [0.3, 0.4) is 0 Å². The van der Waals surface area contributed by atoms with Gasteiger partial charge in [0, 0.05) is 27.6 Å². The average Bonchev–Trinajstić information content (AvgIpc) is 3.72. The maximum Gasteiger partial charge on any atom is 0.139 e. The third-order valence-electron chi connectivity index (χ3n) is 10.5. The van der Waals surface area contributed by atoms with Crippen LogP contribution in [0.5, 0.6) is 0 Å². The van der Waals surface area contributed by atoms with Gasteiger partial charge < -0.3 is 8.83 Å². The molecule has 0 aliphatic heterocycles. The third kappa shape index (κ3) is 3.96. The molecular weight excluding hydrogens is 609 g/mol. The van der Waals surface area contributed by atoms with Gasteiger partial charge in [0.1, 0.15) is 22.3 Å². The molecule has 50 heavy (non-hydrogen) atoms. The highest BCUT2D eigenvalue weighted by Crippen LogP contribution is 2.45. The summed E-state index contributed by atoms with van der Waals surface area (Å²) in [5.41, 5.74) is 10.8. The summed E-state index contributed by atoms with van der Waals surface area (Å²) in [6.07, 6.45) is 0. The molecule has 2 aromatic heterocycles. The summed E-state index contributed by atoms with van der Waals surface area (Å²) in [7, 11) is 0. The summed E-state index contributed by atoms with van der Waals surface area (Å²) < 4.78 is 12.4. The van der Waals surface area contributed by atoms with E-state index in [0.29, 0.717) is 0 Å². The van der Waals surface area contributed by atoms with E-state index >= 15 is 0 Å². The monoisotopic (exact) mass is 636 g/mol. The summed E-state index contributed by atoms with van der Waals surface area (Å²) >= 11 is 0. The Bertz CT molecular complexity index is 3080. The first kappa shape index (κ1) is 27.3. The van der Waals surface area contributed by atoms with Gasteiger partial charge in [-0.15, -0.1) is 0 Å². The first-order chi connectivity index (χ1) is 24.8. The Morgan fingerprint density at radius 2 is 0.760 bits per heavy atom. The zero-order chi connectivity index (χ0) is 32.8. The number of hydrogen-bond donors (Lipinski definition) is 0. The predicted octanol–water partition coefficient (Wildman–Crippen LogP) is 13.9. The lowest BCUT2D eigenvalue weighted by atomic mass is 9.84. The minimum Gasteiger partial charge on any atom is -0.456 e. The van der Waals surface area contributed by atoms with E-state index in [2.05, 4.69) is 152 Å². The van der Waals surface area contributed by atoms with E-state index in [4.69, 9.17) is 8.83 Å². The highest BCUT2D eigenvalue weighted by molar-refractivity contribution is 6.23. The van der Waals surface area contributed by atoms with Crippen molar-refractivity contribution in [2.75, 3.05) is 0 Å². The van der Waals surface area contributed by atoms with Crippen LogP contribution in [-0.2, 0) is 0 Å². The van der Waals surface area contributed by atoms with E-state index in [9.17, 15) is 0 Å². The minimum atomic E-state index is 0.838. The van der Waals surface area contributed by atoms with Crippen LogP contribution in [0, 0.1) is 0 Å². The van der Waals surface area contributed by atoms with E-state index in [1.807, 2.05) is 18.2 Å². The van der Waals surface area contributed by atoms with Crippen LogP contribution in [0.2, 0.25) is 0 Å². The smallest absolute Gasteiger partial charge is 0.139 e. The first-order valence-electron chi connectivity index (χ1n) is 17.1. The standard InChI is InChI=1S/C48H28O2/c1-2-12-33-30(10-1)11-9-18-35(33)48-38-16-5-3-14-36(38)47(37-15-4-6-17-39(37)48)31-22-20-29(21-23-31)32-24-25-44-40(26-32)42-27-41-34-13-7-8-19-43(34)49-45(41)28-46(42)50-44/h1-28H. The molecule has 0 spiro atoms. The number of furan rings is 2. The Morgan fingerprint density at radius 1 is 0.260 bits per heavy atom. The molecule has 0 fully saturated rings. The molecule has 2 nitrogen and oxygen atoms in total. The first-order valence-corrected chi connectivity index (χ1v) is 17.1. The van der Waals surface area contributed by atoms with Crippen molar-refractivity contribution in [2.24, 2.45) is 0 Å². The van der Waals surface area contributed by atoms with Crippen LogP contribution in [0.1, 0.15) is 0 Å². The van der Waals surface area contributed by atoms with Crippen molar-refractivity contribution in [1.82, 2.24) is 0 Å². The fraction of sp³-hybridized carbons (Fsp3) is 0. The van der Waals surface area contributed by atoms with Crippen molar-refractivity contribution in [3.8, 4) is 33.4 Å². The largest absolute Gasteiger partial charge is 0.456 e. The Kier molecular flexibility index (Phi) is 5.70. The molecule has 0 saturated heterocycles. The Balaban J connectivity index is 1.07. The van der Waals surface area contributed by atoms with Crippen molar-refractivity contribution in [3.05, 3.63) is 170 Å². The summed E-state index contributed by atoms with van der Waals surface area (Å²) in [6.45, 7) is 0. The van der Waals surface area contributed by atoms with E-state index in [-0.39, 0.29) is 0 Å². The van der Waals surface area contributed by atoms with Gasteiger partial charge >= 0.3 is 0 Å². The molecule has 9 aromatic carbocycles. The fourth-order valence-electron chi connectivity index (χ4n) is 8.18. The molecule has 0 N–H and O–H groups in total. The highest BCUT2D eigenvalue weighted by atomic mass is 16.3. The molecule has 11 aromatic rings. The number of para-hydroxylation sites is 1. The summed E-state index contributed by atoms with van der Waals surface area (Å²) in [5.74, 6) is 0. The minimum absolute atomic E-state index is 0.838. The molecule has 0 amide bonds. The Labute approximate surface area is 287 Å². The molecule has 0 unspecified atom stereocenters. The van der Waals surface area contributed by atoms with Gasteiger partial charge in [0.25, 0.3) is 0 Å². The van der Waals surface area contributed by atoms with Gasteiger partial charge in [-0.3, -0.25) is 0 Å². The van der Waals surface area contributed by atoms with Gasteiger partial charge in [-0.05, 0) is 90.0 Å². The van der Waals surface area contributed by atoms with E-state index in [1.54, 1.807) is 0 Å². The van der Waals surface area contributed by atoms with Crippen molar-refractivity contribution in [1.29, 1.82) is 0 Å². The third-order valence-corrected chi connectivity index (χ3v) is 10.5. The number of rotatable bonds is 3. The Morgan fingerprint density at radius 3 is 1.48 bits per heavy atom. The van der Waals surface area contributed by atoms with E-state index < -0.39 is 0 Å². The molecule has 2 heterocycles. The summed E-state index contributed by atoms with van der Waals surface area (Å²) in [5, 5.41) is 12.0. The predicted molar refractivity (Wildman–Crippen MR) is 210 cm³/mol. The fourth-order valence-corrected chi connectivity index (χ4v) is 8.18. The molecular formula is C48H28O2. The number of fused-ring (bicyclic) bond motifs is 9. The van der Waals surface area contributed by atoms with Crippen LogP contribution in [0.15, 0.2) is 179 Å². The zero-order valence-electron chi connectivity index (χ0n) is 27.0. The lowest BCUT2D eigenvalue weighted by Gasteiger charge is -2.19. The maximum absolute atomic E-state index is 6.31. The van der Waals surface area contributed by atoms with Crippen LogP contribution in [0.25, 0.3) is 110 Å². The molecule has 11 rings (SSSR count).